The Morgan fingerprint density at radius 1 is 1.33 bits per heavy atom. The van der Waals surface area contributed by atoms with Crippen LogP contribution in [0.3, 0.4) is 0 Å². The average Bonchev–Trinajstić information content (AvgIpc) is 3.07. The Hall–Kier alpha value is -1.26. The molecule has 0 aromatic heterocycles. The van der Waals surface area contributed by atoms with Crippen molar-refractivity contribution in [3.63, 3.8) is 0 Å². The molecule has 1 fully saturated rings. The first-order valence-electron chi connectivity index (χ1n) is 5.69. The summed E-state index contributed by atoms with van der Waals surface area (Å²) in [6, 6.07) is 7.43. The van der Waals surface area contributed by atoms with E-state index < -0.39 is 0 Å². The third-order valence-electron chi connectivity index (χ3n) is 2.92. The van der Waals surface area contributed by atoms with Crippen molar-refractivity contribution in [3.05, 3.63) is 29.8 Å². The van der Waals surface area contributed by atoms with E-state index >= 15 is 0 Å². The topological polar surface area (TPSA) is 61.5 Å². The minimum atomic E-state index is -0.238. The number of carbonyl (C=O) groups excluding carboxylic acids is 1. The lowest BCUT2D eigenvalue weighted by Crippen LogP contribution is -2.29. The normalized spacial score (nSPS) is 15.4. The van der Waals surface area contributed by atoms with Gasteiger partial charge in [-0.1, -0.05) is 12.1 Å². The largest absolute Gasteiger partial charge is 0.492 e. The number of carbonyl (C=O) groups is 1. The molecule has 2 rings (SSSR count). The molecule has 0 spiro atoms. The third kappa shape index (κ3) is 4.20. The first kappa shape index (κ1) is 14.8. The van der Waals surface area contributed by atoms with Gasteiger partial charge in [0.1, 0.15) is 12.4 Å². The summed E-state index contributed by atoms with van der Waals surface area (Å²) in [5, 5.41) is 0. The zero-order chi connectivity index (χ0) is 12.3. The van der Waals surface area contributed by atoms with Crippen LogP contribution in [0.5, 0.6) is 5.75 Å². The number of hydrogen-bond acceptors (Lipinski definition) is 4. The molecule has 1 aromatic carbocycles. The number of halogens is 1. The summed E-state index contributed by atoms with van der Waals surface area (Å²) in [5.41, 5.74) is 6.73. The van der Waals surface area contributed by atoms with Crippen molar-refractivity contribution in [2.45, 2.75) is 24.8 Å². The molecule has 4 nitrogen and oxygen atoms in total. The maximum Gasteiger partial charge on any atom is 0.309 e. The van der Waals surface area contributed by atoms with Crippen molar-refractivity contribution in [1.29, 1.82) is 0 Å². The SMILES string of the molecule is COC(=O)Cc1ccc(OCC2(N)CC2)cc1.Cl. The van der Waals surface area contributed by atoms with Crippen molar-refractivity contribution in [1.82, 2.24) is 0 Å². The van der Waals surface area contributed by atoms with Crippen molar-refractivity contribution in [3.8, 4) is 5.75 Å². The Kier molecular flexibility index (Phi) is 4.99. The van der Waals surface area contributed by atoms with E-state index in [1.807, 2.05) is 24.3 Å². The standard InChI is InChI=1S/C13H17NO3.ClH/c1-16-12(15)8-10-2-4-11(5-3-10)17-9-13(14)6-7-13;/h2-5H,6-9,14H2,1H3;1H. The zero-order valence-corrected chi connectivity index (χ0v) is 11.2. The van der Waals surface area contributed by atoms with E-state index in [9.17, 15) is 4.79 Å². The third-order valence-corrected chi connectivity index (χ3v) is 2.92. The highest BCUT2D eigenvalue weighted by Crippen LogP contribution is 2.32. The van der Waals surface area contributed by atoms with E-state index in [4.69, 9.17) is 10.5 Å². The van der Waals surface area contributed by atoms with E-state index in [0.717, 1.165) is 24.2 Å². The minimum Gasteiger partial charge on any atom is -0.492 e. The van der Waals surface area contributed by atoms with Gasteiger partial charge in [0.05, 0.1) is 19.1 Å². The maximum absolute atomic E-state index is 11.1. The Morgan fingerprint density at radius 2 is 1.94 bits per heavy atom. The molecule has 0 bridgehead atoms. The number of hydrogen-bond donors (Lipinski definition) is 1. The molecule has 0 heterocycles. The predicted octanol–water partition coefficient (Wildman–Crippen LogP) is 1.69. The van der Waals surface area contributed by atoms with Crippen LogP contribution in [0.15, 0.2) is 24.3 Å². The molecule has 0 amide bonds. The van der Waals surface area contributed by atoms with Gasteiger partial charge in [-0.2, -0.15) is 0 Å². The van der Waals surface area contributed by atoms with Gasteiger partial charge in [0, 0.05) is 0 Å². The molecule has 0 radical (unpaired) electrons. The van der Waals surface area contributed by atoms with Crippen molar-refractivity contribution < 1.29 is 14.3 Å². The smallest absolute Gasteiger partial charge is 0.309 e. The molecular weight excluding hydrogens is 254 g/mol. The van der Waals surface area contributed by atoms with E-state index in [2.05, 4.69) is 4.74 Å². The van der Waals surface area contributed by atoms with Crippen LogP contribution in [0.2, 0.25) is 0 Å². The van der Waals surface area contributed by atoms with Gasteiger partial charge in [-0.15, -0.1) is 12.4 Å². The first-order valence-corrected chi connectivity index (χ1v) is 5.69. The summed E-state index contributed by atoms with van der Waals surface area (Å²) in [7, 11) is 1.39. The quantitative estimate of drug-likeness (QED) is 0.828. The van der Waals surface area contributed by atoms with Gasteiger partial charge in [0.15, 0.2) is 0 Å². The lowest BCUT2D eigenvalue weighted by Gasteiger charge is -2.11. The summed E-state index contributed by atoms with van der Waals surface area (Å²) >= 11 is 0. The van der Waals surface area contributed by atoms with Crippen LogP contribution in [0.4, 0.5) is 0 Å². The maximum atomic E-state index is 11.1. The fraction of sp³-hybridized carbons (Fsp3) is 0.462. The molecular formula is C13H18ClNO3. The number of benzene rings is 1. The first-order chi connectivity index (χ1) is 8.11. The molecule has 0 saturated heterocycles. The van der Waals surface area contributed by atoms with Crippen LogP contribution in [0, 0.1) is 0 Å². The fourth-order valence-corrected chi connectivity index (χ4v) is 1.47. The van der Waals surface area contributed by atoms with Crippen molar-refractivity contribution in [2.24, 2.45) is 5.73 Å². The molecule has 1 aromatic rings. The summed E-state index contributed by atoms with van der Waals surface area (Å²) < 4.78 is 10.2. The van der Waals surface area contributed by atoms with Gasteiger partial charge in [-0.3, -0.25) is 4.79 Å². The Bertz CT molecular complexity index is 401. The molecule has 18 heavy (non-hydrogen) atoms. The van der Waals surface area contributed by atoms with Crippen LogP contribution in [-0.2, 0) is 16.0 Å². The molecule has 2 N–H and O–H groups in total. The second-order valence-electron chi connectivity index (χ2n) is 4.55. The van der Waals surface area contributed by atoms with E-state index in [0.29, 0.717) is 6.61 Å². The van der Waals surface area contributed by atoms with Crippen LogP contribution in [0.25, 0.3) is 0 Å². The Balaban J connectivity index is 0.00000162. The van der Waals surface area contributed by atoms with Crippen LogP contribution < -0.4 is 10.5 Å². The number of ether oxygens (including phenoxy) is 2. The second-order valence-corrected chi connectivity index (χ2v) is 4.55. The highest BCUT2D eigenvalue weighted by molar-refractivity contribution is 5.85. The van der Waals surface area contributed by atoms with Gasteiger partial charge >= 0.3 is 5.97 Å². The van der Waals surface area contributed by atoms with Crippen molar-refractivity contribution in [2.75, 3.05) is 13.7 Å². The molecule has 1 saturated carbocycles. The molecule has 100 valence electrons. The highest BCUT2D eigenvalue weighted by atomic mass is 35.5. The van der Waals surface area contributed by atoms with E-state index in [-0.39, 0.29) is 30.3 Å². The molecule has 1 aliphatic carbocycles. The summed E-state index contributed by atoms with van der Waals surface area (Å²) in [4.78, 5) is 11.1. The zero-order valence-electron chi connectivity index (χ0n) is 10.3. The van der Waals surface area contributed by atoms with Crippen LogP contribution in [0.1, 0.15) is 18.4 Å². The van der Waals surface area contributed by atoms with Gasteiger partial charge in [-0.25, -0.2) is 0 Å². The summed E-state index contributed by atoms with van der Waals surface area (Å²) in [5.74, 6) is 0.549. The monoisotopic (exact) mass is 271 g/mol. The second kappa shape index (κ2) is 6.07. The lowest BCUT2D eigenvalue weighted by molar-refractivity contribution is -0.139. The van der Waals surface area contributed by atoms with Crippen LogP contribution in [-0.4, -0.2) is 25.2 Å². The molecule has 0 atom stereocenters. The predicted molar refractivity (Wildman–Crippen MR) is 71.1 cm³/mol. The molecule has 0 unspecified atom stereocenters. The fourth-order valence-electron chi connectivity index (χ4n) is 1.47. The number of esters is 1. The molecule has 1 aliphatic rings. The van der Waals surface area contributed by atoms with E-state index in [1.165, 1.54) is 7.11 Å². The number of rotatable bonds is 5. The number of nitrogens with two attached hydrogens (primary N) is 1. The highest BCUT2D eigenvalue weighted by Gasteiger charge is 2.39. The Morgan fingerprint density at radius 3 is 2.44 bits per heavy atom. The van der Waals surface area contributed by atoms with Crippen molar-refractivity contribution >= 4 is 18.4 Å². The van der Waals surface area contributed by atoms with Gasteiger partial charge < -0.3 is 15.2 Å². The van der Waals surface area contributed by atoms with E-state index in [1.54, 1.807) is 0 Å². The minimum absolute atomic E-state index is 0. The van der Waals surface area contributed by atoms with Gasteiger partial charge in [0.25, 0.3) is 0 Å². The Labute approximate surface area is 113 Å². The summed E-state index contributed by atoms with van der Waals surface area (Å²) in [6.07, 6.45) is 2.36. The average molecular weight is 272 g/mol. The van der Waals surface area contributed by atoms with Gasteiger partial charge in [0.2, 0.25) is 0 Å². The lowest BCUT2D eigenvalue weighted by atomic mass is 10.1. The van der Waals surface area contributed by atoms with Crippen LogP contribution >= 0.6 is 12.4 Å². The number of methoxy groups -OCH3 is 1. The van der Waals surface area contributed by atoms with Gasteiger partial charge in [-0.05, 0) is 30.5 Å². The molecule has 0 aliphatic heterocycles. The molecule has 5 heteroatoms. The summed E-state index contributed by atoms with van der Waals surface area (Å²) in [6.45, 7) is 0.559.